The predicted molar refractivity (Wildman–Crippen MR) is 64.7 cm³/mol. The van der Waals surface area contributed by atoms with Crippen molar-refractivity contribution in [1.29, 1.82) is 0 Å². The normalized spacial score (nSPS) is 23.1. The summed E-state index contributed by atoms with van der Waals surface area (Å²) in [4.78, 5) is 47.9. The number of hydrogen-bond donors (Lipinski definition) is 2. The lowest BCUT2D eigenvalue weighted by molar-refractivity contribution is -0.164. The fourth-order valence-electron chi connectivity index (χ4n) is 2.49. The summed E-state index contributed by atoms with van der Waals surface area (Å²) in [5, 5.41) is 17.8. The number of likely N-dealkylation sites (tertiary alicyclic amines) is 2. The summed E-state index contributed by atoms with van der Waals surface area (Å²) < 4.78 is 0. The van der Waals surface area contributed by atoms with Crippen molar-refractivity contribution in [2.45, 2.75) is 25.3 Å². The highest BCUT2D eigenvalue weighted by molar-refractivity contribution is 6.35. The third kappa shape index (κ3) is 2.59. The molecule has 8 heteroatoms. The molecule has 2 fully saturated rings. The Morgan fingerprint density at radius 3 is 2.10 bits per heavy atom. The van der Waals surface area contributed by atoms with E-state index >= 15 is 0 Å². The second-order valence-electron chi connectivity index (χ2n) is 5.09. The Morgan fingerprint density at radius 1 is 0.900 bits per heavy atom. The van der Waals surface area contributed by atoms with Crippen LogP contribution in [0.3, 0.4) is 0 Å². The number of carbonyl (C=O) groups excluding carboxylic acids is 2. The summed E-state index contributed by atoms with van der Waals surface area (Å²) in [6, 6.07) is -0.961. The van der Waals surface area contributed by atoms with E-state index in [1.54, 1.807) is 0 Å². The zero-order chi connectivity index (χ0) is 14.9. The Morgan fingerprint density at radius 2 is 1.55 bits per heavy atom. The van der Waals surface area contributed by atoms with Gasteiger partial charge in [0.05, 0.1) is 5.92 Å². The molecule has 0 saturated carbocycles. The van der Waals surface area contributed by atoms with Crippen molar-refractivity contribution >= 4 is 23.8 Å². The molecule has 2 saturated heterocycles. The molecule has 2 aliphatic rings. The standard InChI is InChI=1S/C12H16N2O6/c15-9(13-5-7(6-13)11(17)18)10(16)14-4-2-1-3-8(14)12(19)20/h7-8H,1-6H2,(H,17,18)(H,19,20)/t8-/m1/s1. The highest BCUT2D eigenvalue weighted by atomic mass is 16.4. The molecule has 1 atom stereocenters. The van der Waals surface area contributed by atoms with Crippen molar-refractivity contribution < 1.29 is 29.4 Å². The number of amides is 2. The third-order valence-corrected chi connectivity index (χ3v) is 3.75. The van der Waals surface area contributed by atoms with Gasteiger partial charge in [-0.25, -0.2) is 4.79 Å². The molecule has 2 aliphatic heterocycles. The van der Waals surface area contributed by atoms with Crippen LogP contribution in [0.2, 0.25) is 0 Å². The molecule has 0 radical (unpaired) electrons. The molecule has 2 N–H and O–H groups in total. The van der Waals surface area contributed by atoms with Crippen molar-refractivity contribution in [3.05, 3.63) is 0 Å². The molecule has 2 rings (SSSR count). The molecular formula is C12H16N2O6. The van der Waals surface area contributed by atoms with Crippen LogP contribution in [0.4, 0.5) is 0 Å². The SMILES string of the molecule is O=C(O)C1CN(C(=O)C(=O)N2CCCC[C@@H]2C(=O)O)C1. The first-order chi connectivity index (χ1) is 9.41. The van der Waals surface area contributed by atoms with E-state index in [9.17, 15) is 19.2 Å². The summed E-state index contributed by atoms with van der Waals surface area (Å²) in [6.45, 7) is 0.259. The van der Waals surface area contributed by atoms with Gasteiger partial charge in [-0.1, -0.05) is 0 Å². The zero-order valence-corrected chi connectivity index (χ0v) is 10.8. The first-order valence-corrected chi connectivity index (χ1v) is 6.47. The van der Waals surface area contributed by atoms with Gasteiger partial charge in [0.1, 0.15) is 6.04 Å². The molecule has 0 unspecified atom stereocenters. The molecule has 2 amide bonds. The average molecular weight is 284 g/mol. The van der Waals surface area contributed by atoms with Crippen LogP contribution in [-0.4, -0.2) is 69.4 Å². The largest absolute Gasteiger partial charge is 0.481 e. The van der Waals surface area contributed by atoms with E-state index in [0.717, 1.165) is 9.80 Å². The van der Waals surface area contributed by atoms with Crippen LogP contribution in [0.1, 0.15) is 19.3 Å². The van der Waals surface area contributed by atoms with Crippen LogP contribution < -0.4 is 0 Å². The number of carbonyl (C=O) groups is 4. The van der Waals surface area contributed by atoms with Crippen LogP contribution >= 0.6 is 0 Å². The van der Waals surface area contributed by atoms with Gasteiger partial charge in [0, 0.05) is 19.6 Å². The smallest absolute Gasteiger partial charge is 0.326 e. The van der Waals surface area contributed by atoms with Crippen LogP contribution in [0, 0.1) is 5.92 Å². The highest BCUT2D eigenvalue weighted by Crippen LogP contribution is 2.20. The molecule has 0 bridgehead atoms. The topological polar surface area (TPSA) is 115 Å². The number of carboxylic acid groups (broad SMARTS) is 2. The molecule has 0 aliphatic carbocycles. The van der Waals surface area contributed by atoms with Crippen molar-refractivity contribution in [1.82, 2.24) is 9.80 Å². The van der Waals surface area contributed by atoms with Gasteiger partial charge in [-0.2, -0.15) is 0 Å². The van der Waals surface area contributed by atoms with Crippen molar-refractivity contribution in [3.63, 3.8) is 0 Å². The summed E-state index contributed by atoms with van der Waals surface area (Å²) in [5.74, 6) is -4.40. The lowest BCUT2D eigenvalue weighted by Gasteiger charge is -2.39. The number of carboxylic acids is 2. The van der Waals surface area contributed by atoms with Gasteiger partial charge in [-0.3, -0.25) is 14.4 Å². The molecular weight excluding hydrogens is 268 g/mol. The molecule has 20 heavy (non-hydrogen) atoms. The Kier molecular flexibility index (Phi) is 3.91. The second kappa shape index (κ2) is 5.48. The summed E-state index contributed by atoms with van der Waals surface area (Å²) in [5.41, 5.74) is 0. The number of piperidine rings is 1. The molecule has 2 heterocycles. The summed E-state index contributed by atoms with van der Waals surface area (Å²) in [7, 11) is 0. The van der Waals surface area contributed by atoms with E-state index in [4.69, 9.17) is 10.2 Å². The average Bonchev–Trinajstić information content (AvgIpc) is 2.35. The zero-order valence-electron chi connectivity index (χ0n) is 10.8. The highest BCUT2D eigenvalue weighted by Gasteiger charge is 2.42. The van der Waals surface area contributed by atoms with E-state index < -0.39 is 35.7 Å². The minimum atomic E-state index is -1.11. The minimum Gasteiger partial charge on any atom is -0.481 e. The monoisotopic (exact) mass is 284 g/mol. The van der Waals surface area contributed by atoms with Gasteiger partial charge < -0.3 is 20.0 Å². The Balaban J connectivity index is 1.98. The van der Waals surface area contributed by atoms with E-state index in [1.165, 1.54) is 0 Å². The van der Waals surface area contributed by atoms with Crippen LogP contribution in [0.15, 0.2) is 0 Å². The quantitative estimate of drug-likeness (QED) is 0.628. The predicted octanol–water partition coefficient (Wildman–Crippen LogP) is -1.00. The Bertz CT molecular complexity index is 457. The van der Waals surface area contributed by atoms with Crippen molar-refractivity contribution in [3.8, 4) is 0 Å². The van der Waals surface area contributed by atoms with E-state index in [0.29, 0.717) is 19.3 Å². The number of rotatable bonds is 2. The van der Waals surface area contributed by atoms with Crippen LogP contribution in [0.5, 0.6) is 0 Å². The van der Waals surface area contributed by atoms with E-state index in [1.807, 2.05) is 0 Å². The number of hydrogen-bond acceptors (Lipinski definition) is 4. The lowest BCUT2D eigenvalue weighted by Crippen LogP contribution is -2.59. The van der Waals surface area contributed by atoms with Crippen molar-refractivity contribution in [2.75, 3.05) is 19.6 Å². The molecule has 0 spiro atoms. The summed E-state index contributed by atoms with van der Waals surface area (Å²) >= 11 is 0. The van der Waals surface area contributed by atoms with Crippen LogP contribution in [-0.2, 0) is 19.2 Å². The van der Waals surface area contributed by atoms with E-state index in [-0.39, 0.29) is 19.6 Å². The molecule has 8 nitrogen and oxygen atoms in total. The fourth-order valence-corrected chi connectivity index (χ4v) is 2.49. The molecule has 0 aromatic heterocycles. The number of nitrogens with zero attached hydrogens (tertiary/aromatic N) is 2. The lowest BCUT2D eigenvalue weighted by atomic mass is 9.99. The second-order valence-corrected chi connectivity index (χ2v) is 5.09. The molecule has 0 aromatic carbocycles. The van der Waals surface area contributed by atoms with Gasteiger partial charge in [0.2, 0.25) is 0 Å². The molecule has 110 valence electrons. The van der Waals surface area contributed by atoms with Crippen molar-refractivity contribution in [2.24, 2.45) is 5.92 Å². The van der Waals surface area contributed by atoms with Gasteiger partial charge in [0.25, 0.3) is 0 Å². The minimum absolute atomic E-state index is 0.00544. The Hall–Kier alpha value is -2.12. The third-order valence-electron chi connectivity index (χ3n) is 3.75. The van der Waals surface area contributed by atoms with Gasteiger partial charge in [-0.05, 0) is 19.3 Å². The maximum absolute atomic E-state index is 12.0. The summed E-state index contributed by atoms with van der Waals surface area (Å²) in [6.07, 6.45) is 1.71. The Labute approximate surface area is 114 Å². The van der Waals surface area contributed by atoms with Gasteiger partial charge >= 0.3 is 23.8 Å². The van der Waals surface area contributed by atoms with Gasteiger partial charge in [0.15, 0.2) is 0 Å². The first kappa shape index (κ1) is 14.3. The number of aliphatic carboxylic acids is 2. The molecule has 0 aromatic rings. The van der Waals surface area contributed by atoms with E-state index in [2.05, 4.69) is 0 Å². The fraction of sp³-hybridized carbons (Fsp3) is 0.667. The first-order valence-electron chi connectivity index (χ1n) is 6.47. The van der Waals surface area contributed by atoms with Gasteiger partial charge in [-0.15, -0.1) is 0 Å². The van der Waals surface area contributed by atoms with Crippen LogP contribution in [0.25, 0.3) is 0 Å². The maximum Gasteiger partial charge on any atom is 0.326 e. The maximum atomic E-state index is 12.0.